The van der Waals surface area contributed by atoms with Crippen molar-refractivity contribution in [2.45, 2.75) is 58.5 Å². The molecule has 2 rings (SSSR count). The molecule has 0 amide bonds. The molecule has 1 fully saturated rings. The molecule has 1 aliphatic carbocycles. The van der Waals surface area contributed by atoms with Gasteiger partial charge in [-0.1, -0.05) is 20.8 Å². The van der Waals surface area contributed by atoms with Crippen LogP contribution in [0.5, 0.6) is 0 Å². The molecule has 1 saturated carbocycles. The van der Waals surface area contributed by atoms with Crippen LogP contribution in [0.25, 0.3) is 0 Å². The van der Waals surface area contributed by atoms with E-state index < -0.39 is 0 Å². The first-order chi connectivity index (χ1) is 7.50. The quantitative estimate of drug-likeness (QED) is 0.797. The molecule has 1 unspecified atom stereocenters. The number of guanidine groups is 1. The molecule has 0 bridgehead atoms. The topological polar surface area (TPSA) is 41.6 Å². The summed E-state index contributed by atoms with van der Waals surface area (Å²) in [6, 6.07) is 0.527. The first-order valence-electron chi connectivity index (χ1n) is 6.59. The monoisotopic (exact) mass is 223 g/mol. The fraction of sp³-hybridized carbons (Fsp3) is 0.923. The average molecular weight is 223 g/mol. The van der Waals surface area contributed by atoms with Crippen molar-refractivity contribution in [1.82, 2.24) is 4.90 Å². The first-order valence-corrected chi connectivity index (χ1v) is 6.59. The van der Waals surface area contributed by atoms with Crippen LogP contribution in [-0.4, -0.2) is 29.0 Å². The van der Waals surface area contributed by atoms with Crippen LogP contribution in [-0.2, 0) is 0 Å². The second-order valence-electron chi connectivity index (χ2n) is 5.94. The van der Waals surface area contributed by atoms with Crippen molar-refractivity contribution in [3.63, 3.8) is 0 Å². The molecule has 0 radical (unpaired) electrons. The highest BCUT2D eigenvalue weighted by molar-refractivity contribution is 5.81. The first kappa shape index (κ1) is 11.7. The SMILES string of the molecule is CCC(C)N1C(N)=NCC12CC(C(C)C)C2. The zero-order valence-corrected chi connectivity index (χ0v) is 11.0. The molecule has 2 aliphatic rings. The molecule has 1 heterocycles. The second-order valence-corrected chi connectivity index (χ2v) is 5.94. The van der Waals surface area contributed by atoms with Gasteiger partial charge in [-0.3, -0.25) is 4.99 Å². The normalized spacial score (nSPS) is 35.4. The van der Waals surface area contributed by atoms with Crippen molar-refractivity contribution >= 4 is 5.96 Å². The third kappa shape index (κ3) is 1.61. The molecule has 1 atom stereocenters. The van der Waals surface area contributed by atoms with Gasteiger partial charge >= 0.3 is 0 Å². The van der Waals surface area contributed by atoms with E-state index in [1.54, 1.807) is 0 Å². The van der Waals surface area contributed by atoms with Gasteiger partial charge in [0.15, 0.2) is 5.96 Å². The van der Waals surface area contributed by atoms with Crippen LogP contribution in [0.3, 0.4) is 0 Å². The van der Waals surface area contributed by atoms with Gasteiger partial charge in [0.1, 0.15) is 0 Å². The largest absolute Gasteiger partial charge is 0.370 e. The molecular formula is C13H25N3. The van der Waals surface area contributed by atoms with Gasteiger partial charge in [-0.05, 0) is 38.0 Å². The van der Waals surface area contributed by atoms with Gasteiger partial charge in [0.05, 0.1) is 12.1 Å². The van der Waals surface area contributed by atoms with E-state index >= 15 is 0 Å². The number of nitrogens with zero attached hydrogens (tertiary/aromatic N) is 2. The van der Waals surface area contributed by atoms with Crippen LogP contribution in [0.15, 0.2) is 4.99 Å². The standard InChI is InChI=1S/C13H25N3/c1-5-10(4)16-12(14)15-8-13(16)6-11(7-13)9(2)3/h9-11H,5-8H2,1-4H3,(H2,14,15). The smallest absolute Gasteiger partial charge is 0.192 e. The maximum absolute atomic E-state index is 6.04. The van der Waals surface area contributed by atoms with Gasteiger partial charge in [-0.2, -0.15) is 0 Å². The highest BCUT2D eigenvalue weighted by Gasteiger charge is 2.53. The minimum Gasteiger partial charge on any atom is -0.370 e. The number of rotatable bonds is 3. The Morgan fingerprint density at radius 3 is 2.56 bits per heavy atom. The Hall–Kier alpha value is -0.730. The number of aliphatic imine (C=N–C) groups is 1. The Bertz CT molecular complexity index is 290. The minimum absolute atomic E-state index is 0.286. The maximum Gasteiger partial charge on any atom is 0.192 e. The molecule has 1 spiro atoms. The number of nitrogens with two attached hydrogens (primary N) is 1. The number of hydrogen-bond donors (Lipinski definition) is 1. The van der Waals surface area contributed by atoms with Crippen LogP contribution < -0.4 is 5.73 Å². The van der Waals surface area contributed by atoms with Gasteiger partial charge in [0.25, 0.3) is 0 Å². The Kier molecular flexibility index (Phi) is 2.89. The summed E-state index contributed by atoms with van der Waals surface area (Å²) in [6.45, 7) is 10.1. The van der Waals surface area contributed by atoms with Gasteiger partial charge < -0.3 is 10.6 Å². The molecule has 2 N–H and O–H groups in total. The maximum atomic E-state index is 6.04. The predicted molar refractivity (Wildman–Crippen MR) is 68.4 cm³/mol. The third-order valence-corrected chi connectivity index (χ3v) is 4.55. The zero-order chi connectivity index (χ0) is 11.9. The Balaban J connectivity index is 2.07. The molecular weight excluding hydrogens is 198 g/mol. The minimum atomic E-state index is 0.286. The van der Waals surface area contributed by atoms with E-state index in [0.717, 1.165) is 30.8 Å². The van der Waals surface area contributed by atoms with Crippen LogP contribution in [0.4, 0.5) is 0 Å². The molecule has 0 aromatic carbocycles. The van der Waals surface area contributed by atoms with Crippen molar-refractivity contribution in [1.29, 1.82) is 0 Å². The highest BCUT2D eigenvalue weighted by Crippen LogP contribution is 2.49. The van der Waals surface area contributed by atoms with E-state index in [0.29, 0.717) is 6.04 Å². The lowest BCUT2D eigenvalue weighted by molar-refractivity contribution is 0.000169. The van der Waals surface area contributed by atoms with Crippen molar-refractivity contribution < 1.29 is 0 Å². The van der Waals surface area contributed by atoms with Gasteiger partial charge in [0.2, 0.25) is 0 Å². The van der Waals surface area contributed by atoms with Crippen LogP contribution in [0, 0.1) is 11.8 Å². The van der Waals surface area contributed by atoms with E-state index in [1.807, 2.05) is 0 Å². The van der Waals surface area contributed by atoms with Gasteiger partial charge in [-0.15, -0.1) is 0 Å². The molecule has 3 heteroatoms. The molecule has 92 valence electrons. The van der Waals surface area contributed by atoms with E-state index in [2.05, 4.69) is 37.6 Å². The molecule has 0 saturated heterocycles. The molecule has 3 nitrogen and oxygen atoms in total. The van der Waals surface area contributed by atoms with Crippen LogP contribution >= 0.6 is 0 Å². The Morgan fingerprint density at radius 1 is 1.44 bits per heavy atom. The summed E-state index contributed by atoms with van der Waals surface area (Å²) in [6.07, 6.45) is 3.70. The summed E-state index contributed by atoms with van der Waals surface area (Å²) in [4.78, 5) is 6.87. The van der Waals surface area contributed by atoms with E-state index in [4.69, 9.17) is 5.73 Å². The summed E-state index contributed by atoms with van der Waals surface area (Å²) < 4.78 is 0. The molecule has 16 heavy (non-hydrogen) atoms. The average Bonchev–Trinajstić information content (AvgIpc) is 2.52. The summed E-state index contributed by atoms with van der Waals surface area (Å²) in [5, 5.41) is 0. The fourth-order valence-electron chi connectivity index (χ4n) is 3.21. The third-order valence-electron chi connectivity index (χ3n) is 4.55. The van der Waals surface area contributed by atoms with E-state index in [1.165, 1.54) is 12.8 Å². The lowest BCUT2D eigenvalue weighted by Crippen LogP contribution is -2.62. The Morgan fingerprint density at radius 2 is 2.06 bits per heavy atom. The van der Waals surface area contributed by atoms with Crippen molar-refractivity contribution in [2.75, 3.05) is 6.54 Å². The summed E-state index contributed by atoms with van der Waals surface area (Å²) >= 11 is 0. The molecule has 1 aliphatic heterocycles. The van der Waals surface area contributed by atoms with Crippen LogP contribution in [0.2, 0.25) is 0 Å². The number of hydrogen-bond acceptors (Lipinski definition) is 3. The van der Waals surface area contributed by atoms with Gasteiger partial charge in [-0.25, -0.2) is 0 Å². The fourth-order valence-corrected chi connectivity index (χ4v) is 3.21. The van der Waals surface area contributed by atoms with E-state index in [9.17, 15) is 0 Å². The summed E-state index contributed by atoms with van der Waals surface area (Å²) in [5.41, 5.74) is 6.32. The Labute approximate surface area is 99.1 Å². The zero-order valence-electron chi connectivity index (χ0n) is 11.0. The summed E-state index contributed by atoms with van der Waals surface area (Å²) in [7, 11) is 0. The van der Waals surface area contributed by atoms with Gasteiger partial charge in [0, 0.05) is 6.04 Å². The predicted octanol–water partition coefficient (Wildman–Crippen LogP) is 2.22. The van der Waals surface area contributed by atoms with Crippen molar-refractivity contribution in [3.05, 3.63) is 0 Å². The lowest BCUT2D eigenvalue weighted by Gasteiger charge is -2.54. The molecule has 0 aromatic heterocycles. The van der Waals surface area contributed by atoms with Crippen LogP contribution in [0.1, 0.15) is 47.0 Å². The van der Waals surface area contributed by atoms with E-state index in [-0.39, 0.29) is 5.54 Å². The summed E-state index contributed by atoms with van der Waals surface area (Å²) in [5.74, 6) is 2.44. The van der Waals surface area contributed by atoms with Crippen molar-refractivity contribution in [2.24, 2.45) is 22.6 Å². The van der Waals surface area contributed by atoms with Crippen molar-refractivity contribution in [3.8, 4) is 0 Å². The highest BCUT2D eigenvalue weighted by atomic mass is 15.4. The second kappa shape index (κ2) is 3.94. The lowest BCUT2D eigenvalue weighted by atomic mass is 9.63. The molecule has 0 aromatic rings.